The van der Waals surface area contributed by atoms with Gasteiger partial charge in [-0.25, -0.2) is 0 Å². The van der Waals surface area contributed by atoms with Crippen LogP contribution in [-0.2, 0) is 15.9 Å². The van der Waals surface area contributed by atoms with E-state index in [0.29, 0.717) is 18.2 Å². The predicted molar refractivity (Wildman–Crippen MR) is 72.8 cm³/mol. The van der Waals surface area contributed by atoms with E-state index in [2.05, 4.69) is 10.3 Å². The van der Waals surface area contributed by atoms with Crippen molar-refractivity contribution in [1.29, 1.82) is 0 Å². The zero-order chi connectivity index (χ0) is 13.4. The second-order valence-corrected chi connectivity index (χ2v) is 4.25. The van der Waals surface area contributed by atoms with E-state index in [9.17, 15) is 0 Å². The first kappa shape index (κ1) is 15.4. The highest BCUT2D eigenvalue weighted by Crippen LogP contribution is 2.17. The normalized spacial score (nSPS) is 12.9. The minimum absolute atomic E-state index is 0.0600. The topological polar surface area (TPSA) is 43.4 Å². The van der Waals surface area contributed by atoms with Gasteiger partial charge in [0.2, 0.25) is 0 Å². The van der Waals surface area contributed by atoms with Gasteiger partial charge in [0.15, 0.2) is 6.29 Å². The number of rotatable bonds is 8. The summed E-state index contributed by atoms with van der Waals surface area (Å²) in [6, 6.07) is 1.98. The number of ether oxygens (including phenoxy) is 2. The third kappa shape index (κ3) is 4.53. The molecule has 1 rings (SSSR count). The van der Waals surface area contributed by atoms with Crippen molar-refractivity contribution >= 4 is 11.6 Å². The van der Waals surface area contributed by atoms with Crippen LogP contribution in [0.15, 0.2) is 18.5 Å². The fourth-order valence-electron chi connectivity index (χ4n) is 1.75. The number of likely N-dealkylation sites (N-methyl/N-ethyl adjacent to an activating group) is 1. The van der Waals surface area contributed by atoms with E-state index in [1.165, 1.54) is 0 Å². The first-order valence-corrected chi connectivity index (χ1v) is 6.59. The molecular formula is C13H21ClN2O2. The second kappa shape index (κ2) is 8.43. The first-order chi connectivity index (χ1) is 8.72. The molecule has 0 aromatic carbocycles. The zero-order valence-electron chi connectivity index (χ0n) is 11.1. The average Bonchev–Trinajstić information content (AvgIpc) is 2.38. The highest BCUT2D eigenvalue weighted by atomic mass is 35.5. The molecule has 0 saturated carbocycles. The number of nitrogens with one attached hydrogen (secondary N) is 1. The maximum atomic E-state index is 6.11. The van der Waals surface area contributed by atoms with E-state index < -0.39 is 0 Å². The van der Waals surface area contributed by atoms with Gasteiger partial charge < -0.3 is 14.8 Å². The van der Waals surface area contributed by atoms with Crippen LogP contribution in [0.4, 0.5) is 0 Å². The average molecular weight is 273 g/mol. The van der Waals surface area contributed by atoms with Crippen molar-refractivity contribution in [3.63, 3.8) is 0 Å². The Hall–Kier alpha value is -0.680. The van der Waals surface area contributed by atoms with Crippen LogP contribution >= 0.6 is 11.6 Å². The van der Waals surface area contributed by atoms with Gasteiger partial charge in [-0.15, -0.1) is 0 Å². The lowest BCUT2D eigenvalue weighted by Crippen LogP contribution is -2.43. The molecule has 1 atom stereocenters. The second-order valence-electron chi connectivity index (χ2n) is 3.85. The van der Waals surface area contributed by atoms with Gasteiger partial charge in [-0.05, 0) is 38.9 Å². The number of aromatic nitrogens is 1. The maximum absolute atomic E-state index is 6.11. The fraction of sp³-hybridized carbons (Fsp3) is 0.615. The lowest BCUT2D eigenvalue weighted by molar-refractivity contribution is -0.152. The van der Waals surface area contributed by atoms with Gasteiger partial charge in [0, 0.05) is 25.6 Å². The summed E-state index contributed by atoms with van der Waals surface area (Å²) in [6.45, 7) is 5.15. The lowest BCUT2D eigenvalue weighted by Gasteiger charge is -2.26. The van der Waals surface area contributed by atoms with Crippen LogP contribution in [0.5, 0.6) is 0 Å². The molecule has 1 heterocycles. The quantitative estimate of drug-likeness (QED) is 0.738. The minimum Gasteiger partial charge on any atom is -0.351 e. The molecule has 0 aliphatic carbocycles. The van der Waals surface area contributed by atoms with Crippen molar-refractivity contribution in [1.82, 2.24) is 10.3 Å². The van der Waals surface area contributed by atoms with Gasteiger partial charge in [0.05, 0.1) is 11.1 Å². The zero-order valence-corrected chi connectivity index (χ0v) is 11.9. The standard InChI is InChI=1S/C13H21ClN2O2/c1-4-17-13(18-5-2)12(15-3)8-10-6-7-16-9-11(10)14/h6-7,9,12-13,15H,4-5,8H2,1-3H3. The van der Waals surface area contributed by atoms with E-state index in [4.69, 9.17) is 21.1 Å². The highest BCUT2D eigenvalue weighted by molar-refractivity contribution is 6.31. The summed E-state index contributed by atoms with van der Waals surface area (Å²) in [5, 5.41) is 3.89. The molecule has 0 spiro atoms. The minimum atomic E-state index is -0.269. The lowest BCUT2D eigenvalue weighted by atomic mass is 10.1. The Balaban J connectivity index is 2.73. The molecule has 102 valence electrons. The van der Waals surface area contributed by atoms with Crippen molar-refractivity contribution < 1.29 is 9.47 Å². The van der Waals surface area contributed by atoms with E-state index in [1.54, 1.807) is 12.4 Å². The summed E-state index contributed by atoms with van der Waals surface area (Å²) in [6.07, 6.45) is 3.86. The molecule has 18 heavy (non-hydrogen) atoms. The van der Waals surface area contributed by atoms with Gasteiger partial charge in [-0.2, -0.15) is 0 Å². The summed E-state index contributed by atoms with van der Waals surface area (Å²) >= 11 is 6.11. The molecule has 1 aromatic heterocycles. The van der Waals surface area contributed by atoms with Gasteiger partial charge in [-0.1, -0.05) is 11.6 Å². The summed E-state index contributed by atoms with van der Waals surface area (Å²) < 4.78 is 11.2. The molecule has 0 aliphatic rings. The molecule has 0 aliphatic heterocycles. The van der Waals surface area contributed by atoms with Gasteiger partial charge in [-0.3, -0.25) is 4.98 Å². The molecule has 0 bridgehead atoms. The van der Waals surface area contributed by atoms with Gasteiger partial charge in [0.25, 0.3) is 0 Å². The molecule has 5 heteroatoms. The van der Waals surface area contributed by atoms with Crippen molar-refractivity contribution in [2.24, 2.45) is 0 Å². The molecule has 0 saturated heterocycles. The number of hydrogen-bond donors (Lipinski definition) is 1. The highest BCUT2D eigenvalue weighted by Gasteiger charge is 2.21. The van der Waals surface area contributed by atoms with Crippen LogP contribution in [0.2, 0.25) is 5.02 Å². The Kier molecular flexibility index (Phi) is 7.20. The van der Waals surface area contributed by atoms with Gasteiger partial charge >= 0.3 is 0 Å². The van der Waals surface area contributed by atoms with E-state index in [1.807, 2.05) is 27.0 Å². The molecule has 0 radical (unpaired) electrons. The van der Waals surface area contributed by atoms with Crippen molar-refractivity contribution in [3.8, 4) is 0 Å². The third-order valence-electron chi connectivity index (χ3n) is 2.66. The molecular weight excluding hydrogens is 252 g/mol. The van der Waals surface area contributed by atoms with Crippen LogP contribution < -0.4 is 5.32 Å². The Morgan fingerprint density at radius 1 is 1.33 bits per heavy atom. The monoisotopic (exact) mass is 272 g/mol. The summed E-state index contributed by atoms with van der Waals surface area (Å²) in [5.41, 5.74) is 1.04. The number of hydrogen-bond acceptors (Lipinski definition) is 4. The van der Waals surface area contributed by atoms with Crippen LogP contribution in [0.3, 0.4) is 0 Å². The van der Waals surface area contributed by atoms with E-state index in [-0.39, 0.29) is 12.3 Å². The largest absolute Gasteiger partial charge is 0.351 e. The summed E-state index contributed by atoms with van der Waals surface area (Å²) in [5.74, 6) is 0. The molecule has 0 amide bonds. The molecule has 4 nitrogen and oxygen atoms in total. The SMILES string of the molecule is CCOC(OCC)C(Cc1ccncc1Cl)NC. The van der Waals surface area contributed by atoms with Crippen LogP contribution in [0.25, 0.3) is 0 Å². The molecule has 1 aromatic rings. The summed E-state index contributed by atoms with van der Waals surface area (Å²) in [7, 11) is 1.89. The van der Waals surface area contributed by atoms with Crippen LogP contribution in [0.1, 0.15) is 19.4 Å². The van der Waals surface area contributed by atoms with Crippen LogP contribution in [0, 0.1) is 0 Å². The number of nitrogens with zero attached hydrogens (tertiary/aromatic N) is 1. The van der Waals surface area contributed by atoms with Gasteiger partial charge in [0.1, 0.15) is 0 Å². The van der Waals surface area contributed by atoms with Crippen molar-refractivity contribution in [3.05, 3.63) is 29.0 Å². The van der Waals surface area contributed by atoms with Crippen molar-refractivity contribution in [2.45, 2.75) is 32.6 Å². The van der Waals surface area contributed by atoms with E-state index >= 15 is 0 Å². The molecule has 0 fully saturated rings. The summed E-state index contributed by atoms with van der Waals surface area (Å²) in [4.78, 5) is 3.98. The predicted octanol–water partition coefficient (Wildman–Crippen LogP) is 2.26. The molecule has 1 unspecified atom stereocenters. The van der Waals surface area contributed by atoms with E-state index in [0.717, 1.165) is 12.0 Å². The first-order valence-electron chi connectivity index (χ1n) is 6.21. The van der Waals surface area contributed by atoms with Crippen LogP contribution in [-0.4, -0.2) is 37.6 Å². The fourth-order valence-corrected chi connectivity index (χ4v) is 1.95. The number of pyridine rings is 1. The van der Waals surface area contributed by atoms with Crippen molar-refractivity contribution in [2.75, 3.05) is 20.3 Å². The Morgan fingerprint density at radius 3 is 2.50 bits per heavy atom. The Labute approximate surface area is 114 Å². The smallest absolute Gasteiger partial charge is 0.172 e. The molecule has 1 N–H and O–H groups in total. The number of halogens is 1. The Morgan fingerprint density at radius 2 is 2.00 bits per heavy atom. The third-order valence-corrected chi connectivity index (χ3v) is 3.00. The maximum Gasteiger partial charge on any atom is 0.172 e. The Bertz CT molecular complexity index is 344.